The molecule has 4 nitrogen and oxygen atoms in total. The van der Waals surface area contributed by atoms with Crippen LogP contribution in [0.5, 0.6) is 0 Å². The molecule has 0 unspecified atom stereocenters. The van der Waals surface area contributed by atoms with Gasteiger partial charge in [-0.2, -0.15) is 0 Å². The van der Waals surface area contributed by atoms with Crippen molar-refractivity contribution in [2.24, 2.45) is 17.1 Å². The lowest BCUT2D eigenvalue weighted by Gasteiger charge is -2.36. The Hall–Kier alpha value is -1.55. The normalized spacial score (nSPS) is 16.6. The molecule has 0 saturated carbocycles. The number of carbonyl (C=O) groups excluding carboxylic acids is 2. The van der Waals surface area contributed by atoms with Crippen molar-refractivity contribution in [3.8, 4) is 0 Å². The molecule has 1 heterocycles. The second kappa shape index (κ2) is 6.69. The second-order valence-electron chi connectivity index (χ2n) is 6.66. The van der Waals surface area contributed by atoms with Gasteiger partial charge in [-0.3, -0.25) is 9.59 Å². The lowest BCUT2D eigenvalue weighted by Crippen LogP contribution is -2.47. The molecule has 0 atom stereocenters. The van der Waals surface area contributed by atoms with Crippen molar-refractivity contribution in [1.82, 2.24) is 4.90 Å². The van der Waals surface area contributed by atoms with E-state index in [-0.39, 0.29) is 17.7 Å². The first-order chi connectivity index (χ1) is 10.3. The molecule has 0 aromatic heterocycles. The van der Waals surface area contributed by atoms with Crippen LogP contribution >= 0.6 is 11.6 Å². The van der Waals surface area contributed by atoms with Gasteiger partial charge in [-0.05, 0) is 37.0 Å². The first-order valence-corrected chi connectivity index (χ1v) is 8.00. The highest BCUT2D eigenvalue weighted by Gasteiger charge is 2.35. The van der Waals surface area contributed by atoms with Crippen molar-refractivity contribution in [2.45, 2.75) is 33.1 Å². The van der Waals surface area contributed by atoms with E-state index in [1.54, 1.807) is 0 Å². The van der Waals surface area contributed by atoms with Gasteiger partial charge in [0.05, 0.1) is 0 Å². The summed E-state index contributed by atoms with van der Waals surface area (Å²) < 4.78 is 0. The minimum atomic E-state index is -0.496. The summed E-state index contributed by atoms with van der Waals surface area (Å²) in [5, 5.41) is 0.683. The van der Waals surface area contributed by atoms with E-state index in [4.69, 9.17) is 17.3 Å². The number of primary amides is 1. The zero-order valence-electron chi connectivity index (χ0n) is 13.1. The Bertz CT molecular complexity index is 564. The molecule has 1 aromatic rings. The van der Waals surface area contributed by atoms with Crippen LogP contribution in [0.4, 0.5) is 0 Å². The van der Waals surface area contributed by atoms with Gasteiger partial charge in [0, 0.05) is 29.4 Å². The molecule has 1 aliphatic heterocycles. The summed E-state index contributed by atoms with van der Waals surface area (Å²) in [7, 11) is 0. The van der Waals surface area contributed by atoms with Crippen LogP contribution in [-0.4, -0.2) is 29.8 Å². The number of carbonyl (C=O) groups is 2. The smallest absolute Gasteiger partial charge is 0.228 e. The fourth-order valence-electron chi connectivity index (χ4n) is 3.03. The highest BCUT2D eigenvalue weighted by molar-refractivity contribution is 6.30. The minimum absolute atomic E-state index is 0.0971. The summed E-state index contributed by atoms with van der Waals surface area (Å²) in [6.07, 6.45) is 1.96. The molecule has 1 aliphatic rings. The highest BCUT2D eigenvalue weighted by Crippen LogP contribution is 2.28. The van der Waals surface area contributed by atoms with Gasteiger partial charge in [-0.1, -0.05) is 37.6 Å². The minimum Gasteiger partial charge on any atom is -0.369 e. The zero-order chi connectivity index (χ0) is 16.3. The summed E-state index contributed by atoms with van der Waals surface area (Å²) in [6, 6.07) is 7.61. The molecule has 22 heavy (non-hydrogen) atoms. The summed E-state index contributed by atoms with van der Waals surface area (Å²) in [5.41, 5.74) is 5.89. The number of likely N-dealkylation sites (tertiary alicyclic amines) is 1. The zero-order valence-corrected chi connectivity index (χ0v) is 13.9. The monoisotopic (exact) mass is 322 g/mol. The Morgan fingerprint density at radius 3 is 2.50 bits per heavy atom. The third kappa shape index (κ3) is 4.01. The van der Waals surface area contributed by atoms with Gasteiger partial charge >= 0.3 is 0 Å². The maximum atomic E-state index is 12.8. The third-order valence-electron chi connectivity index (χ3n) is 4.30. The van der Waals surface area contributed by atoms with E-state index in [9.17, 15) is 9.59 Å². The molecule has 120 valence electrons. The fourth-order valence-corrected chi connectivity index (χ4v) is 3.24. The molecule has 0 spiro atoms. The average Bonchev–Trinajstić information content (AvgIpc) is 2.46. The van der Waals surface area contributed by atoms with Crippen molar-refractivity contribution >= 4 is 23.4 Å². The summed E-state index contributed by atoms with van der Waals surface area (Å²) >= 11 is 6.01. The van der Waals surface area contributed by atoms with Crippen LogP contribution in [0.25, 0.3) is 0 Å². The van der Waals surface area contributed by atoms with Gasteiger partial charge in [-0.15, -0.1) is 0 Å². The molecule has 0 aliphatic carbocycles. The van der Waals surface area contributed by atoms with Crippen LogP contribution in [-0.2, 0) is 16.0 Å². The van der Waals surface area contributed by atoms with E-state index in [0.29, 0.717) is 37.4 Å². The van der Waals surface area contributed by atoms with Crippen LogP contribution in [0.15, 0.2) is 24.3 Å². The van der Waals surface area contributed by atoms with E-state index in [2.05, 4.69) is 0 Å². The van der Waals surface area contributed by atoms with Gasteiger partial charge < -0.3 is 10.6 Å². The van der Waals surface area contributed by atoms with E-state index < -0.39 is 5.41 Å². The number of hydrogen-bond acceptors (Lipinski definition) is 2. The van der Waals surface area contributed by atoms with Crippen molar-refractivity contribution in [3.05, 3.63) is 34.9 Å². The quantitative estimate of drug-likeness (QED) is 0.926. The summed E-state index contributed by atoms with van der Waals surface area (Å²) in [6.45, 7) is 5.11. The number of halogens is 1. The second-order valence-corrected chi connectivity index (χ2v) is 7.10. The Morgan fingerprint density at radius 1 is 1.32 bits per heavy atom. The Kier molecular flexibility index (Phi) is 5.12. The molecule has 1 saturated heterocycles. The van der Waals surface area contributed by atoms with Gasteiger partial charge in [0.1, 0.15) is 0 Å². The molecule has 0 bridgehead atoms. The molecular weight excluding hydrogens is 300 g/mol. The average molecular weight is 323 g/mol. The predicted octanol–water partition coefficient (Wildman–Crippen LogP) is 2.63. The first kappa shape index (κ1) is 16.8. The SMILES string of the molecule is CC(C)(Cc1cccc(Cl)c1)C(=O)N1CCC(C(N)=O)CC1. The Balaban J connectivity index is 2.00. The number of hydrogen-bond donors (Lipinski definition) is 1. The van der Waals surface area contributed by atoms with Crippen molar-refractivity contribution < 1.29 is 9.59 Å². The molecule has 2 N–H and O–H groups in total. The lowest BCUT2D eigenvalue weighted by atomic mass is 9.83. The summed E-state index contributed by atoms with van der Waals surface area (Å²) in [4.78, 5) is 25.8. The number of rotatable bonds is 4. The van der Waals surface area contributed by atoms with Gasteiger partial charge in [-0.25, -0.2) is 0 Å². The molecule has 0 radical (unpaired) electrons. The van der Waals surface area contributed by atoms with E-state index >= 15 is 0 Å². The van der Waals surface area contributed by atoms with Crippen LogP contribution in [0, 0.1) is 11.3 Å². The third-order valence-corrected chi connectivity index (χ3v) is 4.53. The molecule has 5 heteroatoms. The van der Waals surface area contributed by atoms with Gasteiger partial charge in [0.2, 0.25) is 11.8 Å². The number of nitrogens with zero attached hydrogens (tertiary/aromatic N) is 1. The largest absolute Gasteiger partial charge is 0.369 e. The van der Waals surface area contributed by atoms with Crippen LogP contribution in [0.2, 0.25) is 5.02 Å². The topological polar surface area (TPSA) is 63.4 Å². The van der Waals surface area contributed by atoms with Crippen LogP contribution < -0.4 is 5.73 Å². The Morgan fingerprint density at radius 2 is 1.95 bits per heavy atom. The number of nitrogens with two attached hydrogens (primary N) is 1. The Labute approximate surface area is 136 Å². The van der Waals surface area contributed by atoms with E-state index in [1.165, 1.54) is 0 Å². The number of piperidine rings is 1. The van der Waals surface area contributed by atoms with Crippen LogP contribution in [0.3, 0.4) is 0 Å². The van der Waals surface area contributed by atoms with Gasteiger partial charge in [0.25, 0.3) is 0 Å². The number of amides is 2. The molecule has 1 fully saturated rings. The van der Waals surface area contributed by atoms with E-state index in [1.807, 2.05) is 43.0 Å². The molecule has 1 aromatic carbocycles. The number of benzene rings is 1. The van der Waals surface area contributed by atoms with E-state index in [0.717, 1.165) is 5.56 Å². The first-order valence-electron chi connectivity index (χ1n) is 7.63. The molecule has 2 rings (SSSR count). The summed E-state index contributed by atoms with van der Waals surface area (Å²) in [5.74, 6) is -0.235. The van der Waals surface area contributed by atoms with Crippen molar-refractivity contribution in [2.75, 3.05) is 13.1 Å². The van der Waals surface area contributed by atoms with Crippen molar-refractivity contribution in [3.63, 3.8) is 0 Å². The lowest BCUT2D eigenvalue weighted by molar-refractivity contribution is -0.143. The van der Waals surface area contributed by atoms with Gasteiger partial charge in [0.15, 0.2) is 0 Å². The molecule has 2 amide bonds. The van der Waals surface area contributed by atoms with Crippen LogP contribution in [0.1, 0.15) is 32.3 Å². The predicted molar refractivity (Wildman–Crippen MR) is 87.4 cm³/mol. The maximum Gasteiger partial charge on any atom is 0.228 e. The fraction of sp³-hybridized carbons (Fsp3) is 0.529. The van der Waals surface area contributed by atoms with Crippen molar-refractivity contribution in [1.29, 1.82) is 0 Å². The highest BCUT2D eigenvalue weighted by atomic mass is 35.5. The molecular formula is C17H23ClN2O2. The standard InChI is InChI=1S/C17H23ClN2O2/c1-17(2,11-12-4-3-5-14(18)10-12)16(22)20-8-6-13(7-9-20)15(19)21/h3-5,10,13H,6-9,11H2,1-2H3,(H2,19,21). The maximum absolute atomic E-state index is 12.8.